The Balaban J connectivity index is 1.67. The molecule has 4 heteroatoms. The second kappa shape index (κ2) is 4.60. The van der Waals surface area contributed by atoms with Crippen LogP contribution in [0.25, 0.3) is 0 Å². The van der Waals surface area contributed by atoms with E-state index >= 15 is 0 Å². The number of amides is 1. The average Bonchev–Trinajstić information content (AvgIpc) is 2.99. The van der Waals surface area contributed by atoms with Gasteiger partial charge in [-0.3, -0.25) is 4.79 Å². The number of carbonyl (C=O) groups is 1. The minimum Gasteiger partial charge on any atom is -0.334 e. The van der Waals surface area contributed by atoms with Crippen LogP contribution in [-0.4, -0.2) is 40.0 Å². The first-order chi connectivity index (χ1) is 6.36. The minimum atomic E-state index is 0.312. The van der Waals surface area contributed by atoms with Crippen molar-refractivity contribution in [3.8, 4) is 0 Å². The summed E-state index contributed by atoms with van der Waals surface area (Å²) in [7, 11) is 0. The predicted octanol–water partition coefficient (Wildman–Crippen LogP) is 2.44. The Kier molecular flexibility index (Phi) is 3.44. The molecule has 2 nitrogen and oxygen atoms in total. The number of hydrogen-bond acceptors (Lipinski definition) is 3. The molecule has 0 aromatic rings. The summed E-state index contributed by atoms with van der Waals surface area (Å²) in [6, 6.07) is 0. The summed E-state index contributed by atoms with van der Waals surface area (Å²) in [5.41, 5.74) is 0. The van der Waals surface area contributed by atoms with Gasteiger partial charge < -0.3 is 4.90 Å². The quantitative estimate of drug-likeness (QED) is 0.663. The van der Waals surface area contributed by atoms with Crippen LogP contribution in [0.4, 0.5) is 4.79 Å². The van der Waals surface area contributed by atoms with Gasteiger partial charge in [0.15, 0.2) is 0 Å². The number of likely N-dealkylation sites (tertiary alicyclic amines) is 1. The van der Waals surface area contributed by atoms with E-state index in [2.05, 4.69) is 0 Å². The molecule has 0 aliphatic carbocycles. The summed E-state index contributed by atoms with van der Waals surface area (Å²) >= 11 is 3.49. The van der Waals surface area contributed by atoms with E-state index in [0.717, 1.165) is 24.1 Å². The number of piperidine rings is 1. The molecule has 0 aromatic carbocycles. The number of carbonyl (C=O) groups excluding carboxylic acids is 1. The summed E-state index contributed by atoms with van der Waals surface area (Å²) in [4.78, 5) is 13.6. The highest BCUT2D eigenvalue weighted by Crippen LogP contribution is 2.33. The van der Waals surface area contributed by atoms with Crippen LogP contribution in [0.15, 0.2) is 0 Å². The van der Waals surface area contributed by atoms with Crippen LogP contribution in [0.5, 0.6) is 0 Å². The molecule has 1 unspecified atom stereocenters. The molecule has 0 N–H and O–H groups in total. The number of rotatable bonds is 2. The van der Waals surface area contributed by atoms with Gasteiger partial charge in [0.05, 0.1) is 0 Å². The summed E-state index contributed by atoms with van der Waals surface area (Å²) in [5, 5.41) is 1.09. The second-order valence-corrected chi connectivity index (χ2v) is 5.88. The van der Waals surface area contributed by atoms with Crippen molar-refractivity contribution in [2.75, 3.05) is 24.6 Å². The van der Waals surface area contributed by atoms with Gasteiger partial charge in [-0.25, -0.2) is 0 Å². The molecule has 0 aromatic heterocycles. The summed E-state index contributed by atoms with van der Waals surface area (Å²) in [6.07, 6.45) is 3.70. The number of hydrogen-bond donors (Lipinski definition) is 0. The van der Waals surface area contributed by atoms with E-state index < -0.39 is 0 Å². The van der Waals surface area contributed by atoms with E-state index in [0.29, 0.717) is 5.24 Å². The third-order valence-corrected chi connectivity index (χ3v) is 4.67. The maximum atomic E-state index is 11.6. The summed E-state index contributed by atoms with van der Waals surface area (Å²) in [5.74, 6) is 2.29. The fraction of sp³-hybridized carbons (Fsp3) is 0.889. The minimum absolute atomic E-state index is 0.312. The molecule has 1 atom stereocenters. The SMILES string of the molecule is O=C(SCC1CS1)N1CCCCC1. The van der Waals surface area contributed by atoms with Crippen molar-refractivity contribution in [2.24, 2.45) is 0 Å². The molecule has 2 aliphatic heterocycles. The Labute approximate surface area is 87.8 Å². The molecule has 0 radical (unpaired) electrons. The standard InChI is InChI=1S/C9H15NOS2/c11-9(13-7-8-6-12-8)10-4-2-1-3-5-10/h8H,1-7H2. The van der Waals surface area contributed by atoms with Crippen LogP contribution in [-0.2, 0) is 0 Å². The molecule has 2 rings (SSSR count). The van der Waals surface area contributed by atoms with Gasteiger partial charge in [0.1, 0.15) is 0 Å². The normalized spacial score (nSPS) is 27.4. The Bertz CT molecular complexity index is 188. The zero-order valence-electron chi connectivity index (χ0n) is 7.70. The Morgan fingerprint density at radius 3 is 2.69 bits per heavy atom. The zero-order chi connectivity index (χ0) is 9.10. The van der Waals surface area contributed by atoms with Gasteiger partial charge in [0, 0.05) is 29.8 Å². The zero-order valence-corrected chi connectivity index (χ0v) is 9.33. The largest absolute Gasteiger partial charge is 0.334 e. The molecule has 0 bridgehead atoms. The van der Waals surface area contributed by atoms with Gasteiger partial charge in [-0.2, -0.15) is 11.8 Å². The van der Waals surface area contributed by atoms with Gasteiger partial charge in [-0.05, 0) is 19.3 Å². The van der Waals surface area contributed by atoms with E-state index in [9.17, 15) is 4.79 Å². The fourth-order valence-electron chi connectivity index (χ4n) is 1.50. The lowest BCUT2D eigenvalue weighted by Gasteiger charge is -2.25. The van der Waals surface area contributed by atoms with E-state index in [1.165, 1.54) is 36.8 Å². The Morgan fingerprint density at radius 1 is 1.38 bits per heavy atom. The Morgan fingerprint density at radius 2 is 2.08 bits per heavy atom. The second-order valence-electron chi connectivity index (χ2n) is 3.58. The fourth-order valence-corrected chi connectivity index (χ4v) is 3.30. The van der Waals surface area contributed by atoms with Gasteiger partial charge >= 0.3 is 0 Å². The maximum Gasteiger partial charge on any atom is 0.281 e. The van der Waals surface area contributed by atoms with Crippen LogP contribution in [0.1, 0.15) is 19.3 Å². The first-order valence-corrected chi connectivity index (χ1v) is 6.93. The number of nitrogens with zero attached hydrogens (tertiary/aromatic N) is 1. The molecule has 2 aliphatic rings. The summed E-state index contributed by atoms with van der Waals surface area (Å²) < 4.78 is 0. The van der Waals surface area contributed by atoms with Gasteiger partial charge in [-0.15, -0.1) is 0 Å². The van der Waals surface area contributed by atoms with Crippen molar-refractivity contribution >= 4 is 28.8 Å². The molecule has 1 amide bonds. The van der Waals surface area contributed by atoms with Crippen molar-refractivity contribution in [2.45, 2.75) is 24.5 Å². The lowest BCUT2D eigenvalue weighted by Crippen LogP contribution is -2.33. The van der Waals surface area contributed by atoms with Crippen LogP contribution in [0, 0.1) is 0 Å². The molecule has 2 saturated heterocycles. The van der Waals surface area contributed by atoms with E-state index in [1.807, 2.05) is 16.7 Å². The molecular formula is C9H15NOS2. The van der Waals surface area contributed by atoms with Crippen molar-refractivity contribution in [3.63, 3.8) is 0 Å². The smallest absolute Gasteiger partial charge is 0.281 e. The first-order valence-electron chi connectivity index (χ1n) is 4.89. The van der Waals surface area contributed by atoms with Gasteiger partial charge in [-0.1, -0.05) is 11.8 Å². The molecule has 74 valence electrons. The van der Waals surface area contributed by atoms with Gasteiger partial charge in [0.2, 0.25) is 0 Å². The van der Waals surface area contributed by atoms with E-state index in [-0.39, 0.29) is 0 Å². The predicted molar refractivity (Wildman–Crippen MR) is 59.5 cm³/mol. The third kappa shape index (κ3) is 3.09. The highest BCUT2D eigenvalue weighted by molar-refractivity contribution is 8.15. The molecule has 0 saturated carbocycles. The topological polar surface area (TPSA) is 20.3 Å². The first kappa shape index (κ1) is 9.71. The van der Waals surface area contributed by atoms with Crippen molar-refractivity contribution < 1.29 is 4.79 Å². The van der Waals surface area contributed by atoms with Gasteiger partial charge in [0.25, 0.3) is 5.24 Å². The van der Waals surface area contributed by atoms with Crippen molar-refractivity contribution in [1.82, 2.24) is 4.90 Å². The van der Waals surface area contributed by atoms with Crippen molar-refractivity contribution in [1.29, 1.82) is 0 Å². The molecule has 2 fully saturated rings. The molecule has 2 heterocycles. The Hall–Kier alpha value is 0.170. The highest BCUT2D eigenvalue weighted by Gasteiger charge is 2.25. The highest BCUT2D eigenvalue weighted by atomic mass is 32.2. The van der Waals surface area contributed by atoms with Crippen LogP contribution >= 0.6 is 23.5 Å². The van der Waals surface area contributed by atoms with Crippen LogP contribution in [0.2, 0.25) is 0 Å². The van der Waals surface area contributed by atoms with Crippen LogP contribution in [0.3, 0.4) is 0 Å². The maximum absolute atomic E-state index is 11.6. The van der Waals surface area contributed by atoms with Crippen LogP contribution < -0.4 is 0 Å². The monoisotopic (exact) mass is 217 g/mol. The molecule has 13 heavy (non-hydrogen) atoms. The lowest BCUT2D eigenvalue weighted by molar-refractivity contribution is 0.211. The summed E-state index contributed by atoms with van der Waals surface area (Å²) in [6.45, 7) is 1.98. The molecular weight excluding hydrogens is 202 g/mol. The number of thioether (sulfide) groups is 2. The third-order valence-electron chi connectivity index (χ3n) is 2.41. The van der Waals surface area contributed by atoms with E-state index in [4.69, 9.17) is 0 Å². The lowest BCUT2D eigenvalue weighted by atomic mass is 10.1. The molecule has 0 spiro atoms. The van der Waals surface area contributed by atoms with Crippen molar-refractivity contribution in [3.05, 3.63) is 0 Å². The average molecular weight is 217 g/mol. The van der Waals surface area contributed by atoms with E-state index in [1.54, 1.807) is 0 Å².